The zero-order valence-electron chi connectivity index (χ0n) is 18.8. The molecule has 3 aromatic rings. The minimum atomic E-state index is -3.60. The molecule has 1 aliphatic rings. The number of anilines is 2. The fourth-order valence-electron chi connectivity index (χ4n) is 3.93. The molecule has 34 heavy (non-hydrogen) atoms. The zero-order chi connectivity index (χ0) is 24.1. The summed E-state index contributed by atoms with van der Waals surface area (Å²) >= 11 is 0. The highest BCUT2D eigenvalue weighted by atomic mass is 32.2. The zero-order valence-corrected chi connectivity index (χ0v) is 19.6. The molecule has 1 aliphatic heterocycles. The lowest BCUT2D eigenvalue weighted by molar-refractivity contribution is 0.101. The van der Waals surface area contributed by atoms with Gasteiger partial charge in [-0.2, -0.15) is 4.31 Å². The van der Waals surface area contributed by atoms with Gasteiger partial charge in [-0.05, 0) is 74.4 Å². The van der Waals surface area contributed by atoms with Crippen LogP contribution in [0.4, 0.5) is 11.4 Å². The van der Waals surface area contributed by atoms with Gasteiger partial charge in [-0.1, -0.05) is 12.5 Å². The summed E-state index contributed by atoms with van der Waals surface area (Å²) in [6.07, 6.45) is 5.80. The van der Waals surface area contributed by atoms with E-state index < -0.39 is 10.0 Å². The number of benzene rings is 2. The summed E-state index contributed by atoms with van der Waals surface area (Å²) in [5.41, 5.74) is 1.82. The first-order valence-corrected chi connectivity index (χ1v) is 12.5. The lowest BCUT2D eigenvalue weighted by atomic mass is 10.1. The number of nitrogens with zero attached hydrogens (tertiary/aromatic N) is 2. The topological polar surface area (TPSA) is 108 Å². The predicted molar refractivity (Wildman–Crippen MR) is 130 cm³/mol. The molecule has 0 spiro atoms. The van der Waals surface area contributed by atoms with E-state index in [0.29, 0.717) is 29.0 Å². The Bertz CT molecular complexity index is 1280. The van der Waals surface area contributed by atoms with Crippen LogP contribution >= 0.6 is 0 Å². The molecule has 0 saturated carbocycles. The quantitative estimate of drug-likeness (QED) is 0.553. The SMILES string of the molecule is CC1CCCCN1S(=O)(=O)c1ccc(C(=O)Nc2cccc(NC(=O)c3ccncc3)c2)cc1. The molecule has 1 unspecified atom stereocenters. The van der Waals surface area contributed by atoms with E-state index >= 15 is 0 Å². The van der Waals surface area contributed by atoms with E-state index in [1.165, 1.54) is 41.0 Å². The molecule has 9 heteroatoms. The third-order valence-electron chi connectivity index (χ3n) is 5.79. The highest BCUT2D eigenvalue weighted by Crippen LogP contribution is 2.25. The summed E-state index contributed by atoms with van der Waals surface area (Å²) in [5, 5.41) is 5.56. The van der Waals surface area contributed by atoms with Crippen LogP contribution in [0.2, 0.25) is 0 Å². The van der Waals surface area contributed by atoms with Crippen LogP contribution in [0.5, 0.6) is 0 Å². The van der Waals surface area contributed by atoms with Crippen molar-refractivity contribution in [1.82, 2.24) is 9.29 Å². The first-order chi connectivity index (χ1) is 16.3. The Kier molecular flexibility index (Phi) is 7.04. The van der Waals surface area contributed by atoms with Gasteiger partial charge in [-0.15, -0.1) is 0 Å². The number of hydrogen-bond acceptors (Lipinski definition) is 5. The third-order valence-corrected chi connectivity index (χ3v) is 7.81. The number of aromatic nitrogens is 1. The van der Waals surface area contributed by atoms with E-state index in [9.17, 15) is 18.0 Å². The Morgan fingerprint density at radius 3 is 2.06 bits per heavy atom. The average molecular weight is 479 g/mol. The summed E-state index contributed by atoms with van der Waals surface area (Å²) in [7, 11) is -3.60. The van der Waals surface area contributed by atoms with Crippen LogP contribution in [-0.2, 0) is 10.0 Å². The van der Waals surface area contributed by atoms with Crippen molar-refractivity contribution in [3.63, 3.8) is 0 Å². The maximum atomic E-state index is 13.0. The summed E-state index contributed by atoms with van der Waals surface area (Å²) in [4.78, 5) is 29.1. The molecule has 1 aromatic heterocycles. The van der Waals surface area contributed by atoms with Crippen molar-refractivity contribution in [1.29, 1.82) is 0 Å². The first kappa shape index (κ1) is 23.6. The molecule has 4 rings (SSSR count). The van der Waals surface area contributed by atoms with Crippen LogP contribution in [0.25, 0.3) is 0 Å². The average Bonchev–Trinajstić information content (AvgIpc) is 2.85. The lowest BCUT2D eigenvalue weighted by Crippen LogP contribution is -2.41. The molecule has 176 valence electrons. The second-order valence-electron chi connectivity index (χ2n) is 8.21. The van der Waals surface area contributed by atoms with Crippen molar-refractivity contribution in [2.45, 2.75) is 37.1 Å². The molecule has 0 bridgehead atoms. The highest BCUT2D eigenvalue weighted by molar-refractivity contribution is 7.89. The van der Waals surface area contributed by atoms with Gasteiger partial charge in [0.05, 0.1) is 4.90 Å². The summed E-state index contributed by atoms with van der Waals surface area (Å²) in [6.45, 7) is 2.44. The number of amides is 2. The number of piperidine rings is 1. The second-order valence-corrected chi connectivity index (χ2v) is 10.1. The molecule has 0 aliphatic carbocycles. The van der Waals surface area contributed by atoms with Crippen LogP contribution in [0.3, 0.4) is 0 Å². The van der Waals surface area contributed by atoms with Gasteiger partial charge in [0.25, 0.3) is 11.8 Å². The number of carbonyl (C=O) groups excluding carboxylic acids is 2. The molecule has 0 radical (unpaired) electrons. The van der Waals surface area contributed by atoms with E-state index in [-0.39, 0.29) is 22.8 Å². The van der Waals surface area contributed by atoms with Gasteiger partial charge in [-0.3, -0.25) is 14.6 Å². The van der Waals surface area contributed by atoms with Gasteiger partial charge in [0.15, 0.2) is 0 Å². The van der Waals surface area contributed by atoms with Gasteiger partial charge in [0.1, 0.15) is 0 Å². The van der Waals surface area contributed by atoms with Gasteiger partial charge >= 0.3 is 0 Å². The minimum Gasteiger partial charge on any atom is -0.322 e. The minimum absolute atomic E-state index is 0.0342. The molecule has 2 aromatic carbocycles. The lowest BCUT2D eigenvalue weighted by Gasteiger charge is -2.32. The molecule has 2 heterocycles. The van der Waals surface area contributed by atoms with Crippen molar-refractivity contribution in [3.8, 4) is 0 Å². The molecular formula is C25H26N4O4S. The van der Waals surface area contributed by atoms with E-state index in [4.69, 9.17) is 0 Å². The van der Waals surface area contributed by atoms with E-state index in [1.807, 2.05) is 6.92 Å². The molecule has 1 saturated heterocycles. The summed E-state index contributed by atoms with van der Waals surface area (Å²) < 4.78 is 27.5. The van der Waals surface area contributed by atoms with Crippen LogP contribution < -0.4 is 10.6 Å². The van der Waals surface area contributed by atoms with E-state index in [1.54, 1.807) is 36.4 Å². The van der Waals surface area contributed by atoms with Crippen LogP contribution in [-0.4, -0.2) is 42.1 Å². The van der Waals surface area contributed by atoms with Crippen LogP contribution in [0, 0.1) is 0 Å². The van der Waals surface area contributed by atoms with Crippen LogP contribution in [0.15, 0.2) is 78.0 Å². The van der Waals surface area contributed by atoms with Gasteiger partial charge in [0.2, 0.25) is 10.0 Å². The summed E-state index contributed by atoms with van der Waals surface area (Å²) in [5.74, 6) is -0.668. The molecule has 8 nitrogen and oxygen atoms in total. The standard InChI is InChI=1S/C25H26N4O4S/c1-18-5-2-3-16-29(18)34(32,33)23-10-8-19(9-11-23)24(30)27-21-6-4-7-22(17-21)28-25(31)20-12-14-26-15-13-20/h4,6-15,17-18H,2-3,5,16H2,1H3,(H,27,30)(H,28,31). The number of hydrogen-bond donors (Lipinski definition) is 2. The molecule has 1 fully saturated rings. The third kappa shape index (κ3) is 5.32. The van der Waals surface area contributed by atoms with E-state index in [0.717, 1.165) is 19.3 Å². The molecule has 2 N–H and O–H groups in total. The van der Waals surface area contributed by atoms with Gasteiger partial charge in [0, 0.05) is 47.5 Å². The smallest absolute Gasteiger partial charge is 0.255 e. The maximum absolute atomic E-state index is 13.0. The predicted octanol–water partition coefficient (Wildman–Crippen LogP) is 4.15. The number of pyridine rings is 1. The second kappa shape index (κ2) is 10.1. The maximum Gasteiger partial charge on any atom is 0.255 e. The van der Waals surface area contributed by atoms with Crippen LogP contribution in [0.1, 0.15) is 46.9 Å². The van der Waals surface area contributed by atoms with Crippen molar-refractivity contribution < 1.29 is 18.0 Å². The fraction of sp³-hybridized carbons (Fsp3) is 0.240. The largest absolute Gasteiger partial charge is 0.322 e. The number of carbonyl (C=O) groups is 2. The Labute approximate surface area is 199 Å². The van der Waals surface area contributed by atoms with Crippen molar-refractivity contribution in [2.24, 2.45) is 0 Å². The Balaban J connectivity index is 1.43. The number of rotatable bonds is 6. The van der Waals surface area contributed by atoms with Crippen molar-refractivity contribution in [2.75, 3.05) is 17.2 Å². The van der Waals surface area contributed by atoms with Crippen molar-refractivity contribution >= 4 is 33.2 Å². The van der Waals surface area contributed by atoms with Crippen molar-refractivity contribution in [3.05, 3.63) is 84.2 Å². The fourth-order valence-corrected chi connectivity index (χ4v) is 5.63. The van der Waals surface area contributed by atoms with Gasteiger partial charge < -0.3 is 10.6 Å². The Morgan fingerprint density at radius 2 is 1.47 bits per heavy atom. The summed E-state index contributed by atoms with van der Waals surface area (Å²) in [6, 6.07) is 15.9. The molecule has 2 amide bonds. The monoisotopic (exact) mass is 478 g/mol. The highest BCUT2D eigenvalue weighted by Gasteiger charge is 2.30. The molecule has 1 atom stereocenters. The normalized spacial score (nSPS) is 16.6. The first-order valence-electron chi connectivity index (χ1n) is 11.1. The number of sulfonamides is 1. The number of nitrogens with one attached hydrogen (secondary N) is 2. The Morgan fingerprint density at radius 1 is 0.882 bits per heavy atom. The van der Waals surface area contributed by atoms with Gasteiger partial charge in [-0.25, -0.2) is 8.42 Å². The Hall–Kier alpha value is -3.56. The van der Waals surface area contributed by atoms with E-state index in [2.05, 4.69) is 15.6 Å². The molecular weight excluding hydrogens is 452 g/mol.